The molecular weight excluding hydrogens is 329 g/mol. The maximum Gasteiger partial charge on any atom is 0.187 e. The van der Waals surface area contributed by atoms with Crippen LogP contribution in [-0.2, 0) is 49.8 Å². The third-order valence-electron chi connectivity index (χ3n) is 0. The molecule has 4 heavy (non-hydrogen) atoms. The van der Waals surface area contributed by atoms with E-state index in [9.17, 15) is 0 Å². The third kappa shape index (κ3) is 9.08. The summed E-state index contributed by atoms with van der Waals surface area (Å²) in [5.74, 6) is 0. The summed E-state index contributed by atoms with van der Waals surface area (Å²) >= 11 is 0. The van der Waals surface area contributed by atoms with Crippen LogP contribution in [0.15, 0.2) is 0 Å². The van der Waals surface area contributed by atoms with Crippen LogP contribution in [0.5, 0.6) is 0 Å². The minimum atomic E-state index is 0. The van der Waals surface area contributed by atoms with Gasteiger partial charge < -0.3 is 0 Å². The van der Waals surface area contributed by atoms with Gasteiger partial charge in [-0.15, -0.1) is 0 Å². The monoisotopic (exact) mass is 333 g/mol. The van der Waals surface area contributed by atoms with Gasteiger partial charge in [-0.25, -0.2) is 0 Å². The molecule has 0 saturated carbocycles. The molecule has 25 valence electrons. The van der Waals surface area contributed by atoms with Crippen molar-refractivity contribution < 1.29 is 89.7 Å². The molecular formula is H3AlFeGdY. The molecule has 0 amide bonds. The molecule has 0 spiro atoms. The molecule has 1 radical (unpaired) electrons. The molecule has 0 aliphatic rings. The van der Waals surface area contributed by atoms with Crippen LogP contribution in [0, 0.1) is 39.9 Å². The van der Waals surface area contributed by atoms with Gasteiger partial charge in [0.15, 0.2) is 17.4 Å². The van der Waals surface area contributed by atoms with E-state index < -0.39 is 0 Å². The minimum absolute atomic E-state index is 0. The molecule has 0 aromatic rings. The van der Waals surface area contributed by atoms with Crippen LogP contribution in [0.4, 0.5) is 0 Å². The van der Waals surface area contributed by atoms with Crippen molar-refractivity contribution in [1.29, 1.82) is 0 Å². The maximum atomic E-state index is 0. The van der Waals surface area contributed by atoms with Crippen molar-refractivity contribution in [2.24, 2.45) is 0 Å². The normalized spacial score (nSPS) is 0. The SMILES string of the molecule is [AlH3].[Fe].[Gd].[Y]. The molecule has 0 nitrogen and oxygen atoms in total. The van der Waals surface area contributed by atoms with Gasteiger partial charge >= 0.3 is 0 Å². The van der Waals surface area contributed by atoms with Crippen LogP contribution < -0.4 is 0 Å². The zero-order valence-electron chi connectivity index (χ0n) is 1.28. The minimum Gasteiger partial charge on any atom is 0 e. The Kier molecular flexibility index (Phi) is 104. The fourth-order valence-electron chi connectivity index (χ4n) is 0. The van der Waals surface area contributed by atoms with Gasteiger partial charge in [0.1, 0.15) is 0 Å². The molecule has 0 aliphatic heterocycles. The maximum absolute atomic E-state index is 0. The van der Waals surface area contributed by atoms with E-state index >= 15 is 0 Å². The van der Waals surface area contributed by atoms with E-state index in [4.69, 9.17) is 0 Å². The first-order chi connectivity index (χ1) is 0. The first-order valence-corrected chi connectivity index (χ1v) is 0. The summed E-state index contributed by atoms with van der Waals surface area (Å²) in [6, 6.07) is 0. The first-order valence-electron chi connectivity index (χ1n) is 0. The van der Waals surface area contributed by atoms with Crippen LogP contribution in [0.1, 0.15) is 0 Å². The van der Waals surface area contributed by atoms with Crippen molar-refractivity contribution in [2.75, 3.05) is 0 Å². The quantitative estimate of drug-likeness (QED) is 0.490. The summed E-state index contributed by atoms with van der Waals surface area (Å²) in [4.78, 5) is 0. The number of hydrogen-bond donors (Lipinski definition) is 0. The van der Waals surface area contributed by atoms with Crippen LogP contribution in [0.2, 0.25) is 0 Å². The molecule has 0 N–H and O–H groups in total. The molecule has 0 unspecified atom stereocenters. The molecule has 0 aromatic heterocycles. The Hall–Kier alpha value is 3.48. The largest absolute Gasteiger partial charge is 0.187 e. The predicted octanol–water partition coefficient (Wildman–Crippen LogP) is -1.19. The van der Waals surface area contributed by atoms with E-state index in [1.54, 1.807) is 0 Å². The fraction of sp³-hybridized carbons (Fsp3) is 0. The average molecular weight is 332 g/mol. The Balaban J connectivity index is 0. The summed E-state index contributed by atoms with van der Waals surface area (Å²) in [6.45, 7) is 0. The van der Waals surface area contributed by atoms with E-state index in [0.717, 1.165) is 0 Å². The van der Waals surface area contributed by atoms with E-state index in [0.29, 0.717) is 0 Å². The van der Waals surface area contributed by atoms with Crippen molar-refractivity contribution in [3.8, 4) is 0 Å². The molecule has 0 fully saturated rings. The summed E-state index contributed by atoms with van der Waals surface area (Å²) < 4.78 is 0. The van der Waals surface area contributed by atoms with Gasteiger partial charge in [0.2, 0.25) is 0 Å². The zero-order chi connectivity index (χ0) is 0. The van der Waals surface area contributed by atoms with Gasteiger partial charge in [0.05, 0.1) is 0 Å². The van der Waals surface area contributed by atoms with Crippen molar-refractivity contribution in [3.63, 3.8) is 0 Å². The van der Waals surface area contributed by atoms with Gasteiger partial charge in [-0.05, 0) is 0 Å². The first kappa shape index (κ1) is 25.9. The molecule has 0 rings (SSSR count). The van der Waals surface area contributed by atoms with E-state index in [2.05, 4.69) is 0 Å². The summed E-state index contributed by atoms with van der Waals surface area (Å²) in [7, 11) is 0. The van der Waals surface area contributed by atoms with Crippen molar-refractivity contribution in [3.05, 3.63) is 0 Å². The smallest absolute Gasteiger partial charge is 0 e. The van der Waals surface area contributed by atoms with Crippen molar-refractivity contribution in [1.82, 2.24) is 0 Å². The topological polar surface area (TPSA) is 0 Å². The Morgan fingerprint density at radius 3 is 1.00 bits per heavy atom. The summed E-state index contributed by atoms with van der Waals surface area (Å²) in [6.07, 6.45) is 0. The van der Waals surface area contributed by atoms with E-state index in [1.165, 1.54) is 0 Å². The Morgan fingerprint density at radius 1 is 1.00 bits per heavy atom. The summed E-state index contributed by atoms with van der Waals surface area (Å²) in [5.41, 5.74) is 0. The summed E-state index contributed by atoms with van der Waals surface area (Å²) in [5, 5.41) is 0. The number of hydrogen-bond acceptors (Lipinski definition) is 0. The van der Waals surface area contributed by atoms with Gasteiger partial charge in [-0.2, -0.15) is 0 Å². The van der Waals surface area contributed by atoms with Crippen molar-refractivity contribution in [2.45, 2.75) is 0 Å². The molecule has 0 bridgehead atoms. The Bertz CT molecular complexity index is 8.00. The molecule has 0 aliphatic carbocycles. The number of rotatable bonds is 0. The standard InChI is InChI=1S/Al.Fe.Gd.Y.3H. The molecule has 0 atom stereocenters. The van der Waals surface area contributed by atoms with Gasteiger partial charge in [-0.1, -0.05) is 0 Å². The van der Waals surface area contributed by atoms with Gasteiger partial charge in [0.25, 0.3) is 0 Å². The van der Waals surface area contributed by atoms with E-state index in [1.807, 2.05) is 0 Å². The zero-order valence-corrected chi connectivity index (χ0v) is 7.50. The van der Waals surface area contributed by atoms with Crippen molar-refractivity contribution >= 4 is 17.4 Å². The van der Waals surface area contributed by atoms with Crippen LogP contribution in [0.3, 0.4) is 0 Å². The Morgan fingerprint density at radius 2 is 1.00 bits per heavy atom. The van der Waals surface area contributed by atoms with Crippen LogP contribution >= 0.6 is 0 Å². The fourth-order valence-corrected chi connectivity index (χ4v) is 0. The Labute approximate surface area is 104 Å². The van der Waals surface area contributed by atoms with Gasteiger partial charge in [-0.3, -0.25) is 0 Å². The third-order valence-corrected chi connectivity index (χ3v) is 0. The molecule has 0 saturated heterocycles. The molecule has 4 heteroatoms. The van der Waals surface area contributed by atoms with E-state index in [-0.39, 0.29) is 107 Å². The second-order valence-electron chi connectivity index (χ2n) is 0. The van der Waals surface area contributed by atoms with Crippen LogP contribution in [-0.4, -0.2) is 17.4 Å². The molecule has 0 heterocycles. The predicted molar refractivity (Wildman–Crippen MR) is 9.94 cm³/mol. The second-order valence-corrected chi connectivity index (χ2v) is 0. The van der Waals surface area contributed by atoms with Crippen LogP contribution in [0.25, 0.3) is 0 Å². The van der Waals surface area contributed by atoms with Gasteiger partial charge in [0, 0.05) is 89.7 Å². The average Bonchev–Trinajstić information content (AvgIpc) is 0. The second kappa shape index (κ2) is 16.1. The molecule has 0 aromatic carbocycles.